The van der Waals surface area contributed by atoms with Crippen LogP contribution in [0.5, 0.6) is 0 Å². The molecule has 0 heterocycles. The lowest BCUT2D eigenvalue weighted by Crippen LogP contribution is -2.05. The summed E-state index contributed by atoms with van der Waals surface area (Å²) in [6, 6.07) is 4.62. The molecule has 0 N–H and O–H groups in total. The molecule has 0 aliphatic heterocycles. The van der Waals surface area contributed by atoms with Crippen molar-refractivity contribution in [1.82, 2.24) is 0 Å². The van der Waals surface area contributed by atoms with Crippen molar-refractivity contribution in [2.45, 2.75) is 19.5 Å². The maximum atomic E-state index is 12.2. The molecule has 0 aliphatic rings. The quantitative estimate of drug-likeness (QED) is 0.725. The van der Waals surface area contributed by atoms with E-state index in [9.17, 15) is 18.0 Å². The first kappa shape index (κ1) is 12.5. The third-order valence-corrected chi connectivity index (χ3v) is 2.01. The summed E-state index contributed by atoms with van der Waals surface area (Å²) in [6.07, 6.45) is -1.20. The van der Waals surface area contributed by atoms with E-state index in [0.29, 0.717) is 5.56 Å². The number of benzene rings is 1. The third-order valence-electron chi connectivity index (χ3n) is 2.01. The molecule has 86 valence electrons. The lowest BCUT2D eigenvalue weighted by atomic mass is 10.1. The SMILES string of the molecule is C/C=C/C(=O)Cc1ccc(C(F)(F)F)cc1. The van der Waals surface area contributed by atoms with Crippen molar-refractivity contribution in [1.29, 1.82) is 0 Å². The highest BCUT2D eigenvalue weighted by Gasteiger charge is 2.29. The van der Waals surface area contributed by atoms with Gasteiger partial charge in [0.05, 0.1) is 5.56 Å². The van der Waals surface area contributed by atoms with Crippen molar-refractivity contribution in [2.75, 3.05) is 0 Å². The minimum atomic E-state index is -4.33. The van der Waals surface area contributed by atoms with Crippen molar-refractivity contribution in [3.8, 4) is 0 Å². The first-order valence-electron chi connectivity index (χ1n) is 4.75. The molecule has 1 rings (SSSR count). The average molecular weight is 228 g/mol. The van der Waals surface area contributed by atoms with Crippen molar-refractivity contribution in [3.63, 3.8) is 0 Å². The van der Waals surface area contributed by atoms with E-state index in [1.54, 1.807) is 13.0 Å². The molecule has 1 nitrogen and oxygen atoms in total. The fourth-order valence-electron chi connectivity index (χ4n) is 1.26. The van der Waals surface area contributed by atoms with Crippen LogP contribution in [0.2, 0.25) is 0 Å². The molecular weight excluding hydrogens is 217 g/mol. The average Bonchev–Trinajstić information content (AvgIpc) is 2.17. The van der Waals surface area contributed by atoms with E-state index >= 15 is 0 Å². The van der Waals surface area contributed by atoms with Gasteiger partial charge in [-0.2, -0.15) is 13.2 Å². The zero-order chi connectivity index (χ0) is 12.2. The highest BCUT2D eigenvalue weighted by Crippen LogP contribution is 2.29. The van der Waals surface area contributed by atoms with Crippen molar-refractivity contribution in [2.24, 2.45) is 0 Å². The molecule has 0 aliphatic carbocycles. The molecule has 1 aromatic carbocycles. The van der Waals surface area contributed by atoms with Crippen LogP contribution in [0.3, 0.4) is 0 Å². The van der Waals surface area contributed by atoms with Gasteiger partial charge in [-0.3, -0.25) is 4.79 Å². The Kier molecular flexibility index (Phi) is 3.88. The first-order valence-corrected chi connectivity index (χ1v) is 4.75. The molecule has 0 radical (unpaired) electrons. The van der Waals surface area contributed by atoms with Crippen LogP contribution in [-0.4, -0.2) is 5.78 Å². The molecule has 1 aromatic rings. The summed E-state index contributed by atoms with van der Waals surface area (Å²) in [7, 11) is 0. The Morgan fingerprint density at radius 2 is 1.81 bits per heavy atom. The molecule has 0 amide bonds. The molecule has 0 saturated heterocycles. The summed E-state index contributed by atoms with van der Waals surface area (Å²) in [5, 5.41) is 0. The van der Waals surface area contributed by atoms with Gasteiger partial charge in [-0.25, -0.2) is 0 Å². The third kappa shape index (κ3) is 3.53. The van der Waals surface area contributed by atoms with Gasteiger partial charge >= 0.3 is 6.18 Å². The van der Waals surface area contributed by atoms with E-state index in [1.807, 2.05) is 0 Å². The lowest BCUT2D eigenvalue weighted by Gasteiger charge is -2.06. The predicted octanol–water partition coefficient (Wildman–Crippen LogP) is 3.39. The van der Waals surface area contributed by atoms with E-state index < -0.39 is 11.7 Å². The second-order valence-corrected chi connectivity index (χ2v) is 3.34. The Hall–Kier alpha value is -1.58. The van der Waals surface area contributed by atoms with Crippen LogP contribution in [0.1, 0.15) is 18.1 Å². The summed E-state index contributed by atoms with van der Waals surface area (Å²) in [6.45, 7) is 1.71. The Bertz CT molecular complexity index is 388. The van der Waals surface area contributed by atoms with Gasteiger partial charge in [0.2, 0.25) is 0 Å². The lowest BCUT2D eigenvalue weighted by molar-refractivity contribution is -0.137. The largest absolute Gasteiger partial charge is 0.416 e. The molecule has 16 heavy (non-hydrogen) atoms. The number of allylic oxidation sites excluding steroid dienone is 2. The van der Waals surface area contributed by atoms with Crippen LogP contribution >= 0.6 is 0 Å². The van der Waals surface area contributed by atoms with Crippen molar-refractivity contribution in [3.05, 3.63) is 47.5 Å². The van der Waals surface area contributed by atoms with Gasteiger partial charge in [0.15, 0.2) is 5.78 Å². The maximum Gasteiger partial charge on any atom is 0.416 e. The molecule has 0 spiro atoms. The molecule has 0 bridgehead atoms. The van der Waals surface area contributed by atoms with E-state index in [-0.39, 0.29) is 12.2 Å². The second-order valence-electron chi connectivity index (χ2n) is 3.34. The van der Waals surface area contributed by atoms with Crippen LogP contribution in [-0.2, 0) is 17.4 Å². The first-order chi connectivity index (χ1) is 7.43. The minimum Gasteiger partial charge on any atom is -0.294 e. The van der Waals surface area contributed by atoms with Crippen LogP contribution in [0, 0.1) is 0 Å². The Labute approximate surface area is 91.6 Å². The standard InChI is InChI=1S/C12H11F3O/c1-2-3-11(16)8-9-4-6-10(7-5-9)12(13,14)15/h2-7H,8H2,1H3/b3-2+. The van der Waals surface area contributed by atoms with E-state index in [0.717, 1.165) is 12.1 Å². The number of rotatable bonds is 3. The molecule has 0 unspecified atom stereocenters. The van der Waals surface area contributed by atoms with Gasteiger partial charge in [0.1, 0.15) is 0 Å². The topological polar surface area (TPSA) is 17.1 Å². The van der Waals surface area contributed by atoms with Gasteiger partial charge in [-0.05, 0) is 30.7 Å². The minimum absolute atomic E-state index is 0.123. The van der Waals surface area contributed by atoms with Crippen LogP contribution in [0.4, 0.5) is 13.2 Å². The number of hydrogen-bond donors (Lipinski definition) is 0. The number of carbonyl (C=O) groups is 1. The Morgan fingerprint density at radius 3 is 2.25 bits per heavy atom. The zero-order valence-electron chi connectivity index (χ0n) is 8.71. The fraction of sp³-hybridized carbons (Fsp3) is 0.250. The van der Waals surface area contributed by atoms with Gasteiger partial charge in [-0.15, -0.1) is 0 Å². The Morgan fingerprint density at radius 1 is 1.25 bits per heavy atom. The Balaban J connectivity index is 2.76. The number of hydrogen-bond acceptors (Lipinski definition) is 1. The van der Waals surface area contributed by atoms with Gasteiger partial charge in [0, 0.05) is 6.42 Å². The van der Waals surface area contributed by atoms with Crippen LogP contribution in [0.25, 0.3) is 0 Å². The number of carbonyl (C=O) groups excluding carboxylic acids is 1. The predicted molar refractivity (Wildman–Crippen MR) is 55.0 cm³/mol. The maximum absolute atomic E-state index is 12.2. The molecule has 0 saturated carbocycles. The van der Waals surface area contributed by atoms with Crippen molar-refractivity contribution >= 4 is 5.78 Å². The van der Waals surface area contributed by atoms with Crippen LogP contribution < -0.4 is 0 Å². The van der Waals surface area contributed by atoms with Crippen molar-refractivity contribution < 1.29 is 18.0 Å². The molecule has 0 aromatic heterocycles. The summed E-state index contributed by atoms with van der Waals surface area (Å²) in [4.78, 5) is 11.2. The monoisotopic (exact) mass is 228 g/mol. The molecule has 4 heteroatoms. The van der Waals surface area contributed by atoms with Crippen LogP contribution in [0.15, 0.2) is 36.4 Å². The number of halogens is 3. The normalized spacial score (nSPS) is 12.0. The molecule has 0 fully saturated rings. The van der Waals surface area contributed by atoms with E-state index in [1.165, 1.54) is 18.2 Å². The summed E-state index contributed by atoms with van der Waals surface area (Å²) < 4.78 is 36.7. The number of alkyl halides is 3. The summed E-state index contributed by atoms with van der Waals surface area (Å²) >= 11 is 0. The van der Waals surface area contributed by atoms with E-state index in [2.05, 4.69) is 0 Å². The summed E-state index contributed by atoms with van der Waals surface area (Å²) in [5.74, 6) is -0.123. The van der Waals surface area contributed by atoms with E-state index in [4.69, 9.17) is 0 Å². The smallest absolute Gasteiger partial charge is 0.294 e. The fourth-order valence-corrected chi connectivity index (χ4v) is 1.26. The zero-order valence-corrected chi connectivity index (χ0v) is 8.71. The molecule has 0 atom stereocenters. The second kappa shape index (κ2) is 4.96. The number of ketones is 1. The van der Waals surface area contributed by atoms with Gasteiger partial charge in [0.25, 0.3) is 0 Å². The highest BCUT2D eigenvalue weighted by molar-refractivity contribution is 5.91. The highest BCUT2D eigenvalue weighted by atomic mass is 19.4. The van der Waals surface area contributed by atoms with Gasteiger partial charge in [-0.1, -0.05) is 18.2 Å². The summed E-state index contributed by atoms with van der Waals surface area (Å²) in [5.41, 5.74) is -0.120. The van der Waals surface area contributed by atoms with Gasteiger partial charge < -0.3 is 0 Å². The molecular formula is C12H11F3O.